The molecule has 1 heterocycles. The Hall–Kier alpha value is -1.29. The topological polar surface area (TPSA) is 146 Å². The summed E-state index contributed by atoms with van der Waals surface area (Å²) in [7, 11) is -2.42. The quantitative estimate of drug-likeness (QED) is 0.351. The number of aliphatic hydroxyl groups excluding tert-OH is 1. The highest BCUT2D eigenvalue weighted by Gasteiger charge is 2.22. The lowest BCUT2D eigenvalue weighted by Gasteiger charge is -2.19. The lowest BCUT2D eigenvalue weighted by Crippen LogP contribution is -2.32. The van der Waals surface area contributed by atoms with Crippen LogP contribution in [0.2, 0.25) is 0 Å². The Bertz CT molecular complexity index is 580. The van der Waals surface area contributed by atoms with Gasteiger partial charge in [-0.3, -0.25) is 9.13 Å². The highest BCUT2D eigenvalue weighted by molar-refractivity contribution is 7.52. The number of nitrogens with two attached hydrogens (primary N) is 1. The summed E-state index contributed by atoms with van der Waals surface area (Å²) < 4.78 is 27.7. The molecule has 0 saturated carbocycles. The van der Waals surface area contributed by atoms with Gasteiger partial charge in [-0.1, -0.05) is 0 Å². The number of ether oxygens (including phenoxy) is 2. The Morgan fingerprint density at radius 2 is 2.22 bits per heavy atom. The second-order valence-corrected chi connectivity index (χ2v) is 6.50. The number of methoxy groups -OCH3 is 1. The molecule has 0 bridgehead atoms. The highest BCUT2D eigenvalue weighted by atomic mass is 31.2. The zero-order valence-electron chi connectivity index (χ0n) is 12.8. The van der Waals surface area contributed by atoms with Crippen molar-refractivity contribution >= 4 is 13.4 Å². The van der Waals surface area contributed by atoms with Crippen molar-refractivity contribution in [1.82, 2.24) is 9.55 Å². The van der Waals surface area contributed by atoms with Crippen LogP contribution in [0.3, 0.4) is 0 Å². The molecule has 0 amide bonds. The first-order chi connectivity index (χ1) is 10.9. The van der Waals surface area contributed by atoms with Crippen molar-refractivity contribution in [2.45, 2.75) is 19.1 Å². The number of anilines is 1. The fourth-order valence-corrected chi connectivity index (χ4v) is 2.50. The van der Waals surface area contributed by atoms with Gasteiger partial charge in [0.1, 0.15) is 12.2 Å². The van der Waals surface area contributed by atoms with E-state index in [4.69, 9.17) is 19.7 Å². The van der Waals surface area contributed by atoms with Crippen molar-refractivity contribution in [2.24, 2.45) is 0 Å². The van der Waals surface area contributed by atoms with Gasteiger partial charge in [0.2, 0.25) is 0 Å². The summed E-state index contributed by atoms with van der Waals surface area (Å²) in [6.07, 6.45) is 0.414. The van der Waals surface area contributed by atoms with E-state index in [1.54, 1.807) is 0 Å². The lowest BCUT2D eigenvalue weighted by atomic mass is 10.3. The van der Waals surface area contributed by atoms with Gasteiger partial charge in [-0.2, -0.15) is 4.98 Å². The molecular weight excluding hydrogens is 329 g/mol. The molecule has 0 saturated heterocycles. The van der Waals surface area contributed by atoms with Gasteiger partial charge in [-0.15, -0.1) is 0 Å². The Labute approximate surface area is 133 Å². The van der Waals surface area contributed by atoms with E-state index in [2.05, 4.69) is 4.98 Å². The fraction of sp³-hybridized carbons (Fsp3) is 0.667. The number of aliphatic hydroxyl groups is 1. The maximum atomic E-state index is 11.7. The van der Waals surface area contributed by atoms with Crippen LogP contribution in [-0.4, -0.2) is 58.9 Å². The molecule has 4 N–H and O–H groups in total. The van der Waals surface area contributed by atoms with Crippen molar-refractivity contribution < 1.29 is 28.6 Å². The number of nitrogens with zero attached hydrogens (tertiary/aromatic N) is 2. The molecule has 0 aliphatic carbocycles. The third-order valence-corrected chi connectivity index (χ3v) is 3.82. The van der Waals surface area contributed by atoms with Crippen LogP contribution in [0.5, 0.6) is 0 Å². The Morgan fingerprint density at radius 1 is 1.48 bits per heavy atom. The minimum Gasteiger partial charge on any atom is -0.394 e. The second kappa shape index (κ2) is 9.76. The van der Waals surface area contributed by atoms with Crippen LogP contribution in [0.15, 0.2) is 17.1 Å². The first-order valence-electron chi connectivity index (χ1n) is 6.88. The second-order valence-electron chi connectivity index (χ2n) is 4.70. The van der Waals surface area contributed by atoms with E-state index < -0.39 is 32.3 Å². The number of rotatable bonds is 11. The summed E-state index contributed by atoms with van der Waals surface area (Å²) in [5.74, 6) is 0.0806. The minimum atomic E-state index is -3.94. The van der Waals surface area contributed by atoms with Crippen molar-refractivity contribution in [1.29, 1.82) is 0 Å². The number of hydrogen-bond donors (Lipinski definition) is 3. The monoisotopic (exact) mass is 351 g/mol. The fourth-order valence-electron chi connectivity index (χ4n) is 1.61. The molecule has 0 aliphatic rings. The van der Waals surface area contributed by atoms with Crippen molar-refractivity contribution in [3.63, 3.8) is 0 Å². The van der Waals surface area contributed by atoms with Crippen LogP contribution in [0.25, 0.3) is 0 Å². The first kappa shape index (κ1) is 19.8. The van der Waals surface area contributed by atoms with Crippen molar-refractivity contribution in [3.05, 3.63) is 22.7 Å². The Morgan fingerprint density at radius 3 is 2.83 bits per heavy atom. The predicted molar refractivity (Wildman–Crippen MR) is 82.0 cm³/mol. The summed E-state index contributed by atoms with van der Waals surface area (Å²) in [5.41, 5.74) is 4.77. The third kappa shape index (κ3) is 7.69. The van der Waals surface area contributed by atoms with Gasteiger partial charge in [-0.25, -0.2) is 4.79 Å². The van der Waals surface area contributed by atoms with E-state index >= 15 is 0 Å². The summed E-state index contributed by atoms with van der Waals surface area (Å²) in [5, 5.41) is 9.26. The molecule has 1 aromatic heterocycles. The van der Waals surface area contributed by atoms with Crippen LogP contribution in [-0.2, 0) is 25.1 Å². The summed E-state index contributed by atoms with van der Waals surface area (Å²) in [6.45, 7) is -0.0178. The molecule has 2 unspecified atom stereocenters. The van der Waals surface area contributed by atoms with Crippen LogP contribution in [0, 0.1) is 0 Å². The number of aromatic nitrogens is 2. The lowest BCUT2D eigenvalue weighted by molar-refractivity contribution is 0.0164. The number of nitrogen functional groups attached to an aromatic ring is 1. The van der Waals surface area contributed by atoms with Crippen LogP contribution in [0.4, 0.5) is 5.82 Å². The predicted octanol–water partition coefficient (Wildman–Crippen LogP) is -0.601. The average molecular weight is 351 g/mol. The summed E-state index contributed by atoms with van der Waals surface area (Å²) in [6, 6.07) is 1.42. The first-order valence-corrected chi connectivity index (χ1v) is 8.65. The molecule has 1 rings (SSSR count). The molecule has 0 radical (unpaired) electrons. The van der Waals surface area contributed by atoms with Gasteiger partial charge in [-0.05, 0) is 12.5 Å². The molecule has 0 aliphatic heterocycles. The van der Waals surface area contributed by atoms with Crippen LogP contribution in [0.1, 0.15) is 6.42 Å². The van der Waals surface area contributed by atoms with E-state index in [0.29, 0.717) is 13.0 Å². The molecule has 10 nitrogen and oxygen atoms in total. The molecule has 23 heavy (non-hydrogen) atoms. The van der Waals surface area contributed by atoms with E-state index in [9.17, 15) is 19.4 Å². The SMILES string of the molecule is COCCCOP(=O)(O)COC(CO)Cn1ccc(N)nc1=O. The average Bonchev–Trinajstić information content (AvgIpc) is 2.50. The van der Waals surface area contributed by atoms with Gasteiger partial charge >= 0.3 is 13.3 Å². The Kier molecular flexibility index (Phi) is 8.38. The number of hydrogen-bond acceptors (Lipinski definition) is 8. The highest BCUT2D eigenvalue weighted by Crippen LogP contribution is 2.42. The zero-order valence-corrected chi connectivity index (χ0v) is 13.7. The Balaban J connectivity index is 2.49. The molecule has 2 atom stereocenters. The summed E-state index contributed by atoms with van der Waals surface area (Å²) in [4.78, 5) is 24.7. The van der Waals surface area contributed by atoms with E-state index in [-0.39, 0.29) is 19.0 Å². The van der Waals surface area contributed by atoms with Gasteiger partial charge in [0.05, 0.1) is 25.9 Å². The molecule has 0 spiro atoms. The molecule has 11 heteroatoms. The normalized spacial score (nSPS) is 15.3. The molecule has 132 valence electrons. The zero-order chi connectivity index (χ0) is 17.3. The van der Waals surface area contributed by atoms with Gasteiger partial charge in [0.25, 0.3) is 0 Å². The van der Waals surface area contributed by atoms with E-state index in [1.807, 2.05) is 0 Å². The largest absolute Gasteiger partial charge is 0.394 e. The standard InChI is InChI=1S/C12H22N3O7P/c1-20-5-2-6-22-23(18,19)9-21-10(8-16)7-15-4-3-11(13)14-12(15)17/h3-4,10,16H,2,5-9H2,1H3,(H,18,19)(H2,13,14,17). The maximum Gasteiger partial charge on any atom is 0.353 e. The molecule has 0 fully saturated rings. The molecular formula is C12H22N3O7P. The van der Waals surface area contributed by atoms with Gasteiger partial charge < -0.3 is 29.7 Å². The van der Waals surface area contributed by atoms with E-state index in [0.717, 1.165) is 0 Å². The third-order valence-electron chi connectivity index (χ3n) is 2.76. The summed E-state index contributed by atoms with van der Waals surface area (Å²) >= 11 is 0. The van der Waals surface area contributed by atoms with Crippen molar-refractivity contribution in [2.75, 3.05) is 39.0 Å². The van der Waals surface area contributed by atoms with Crippen molar-refractivity contribution in [3.8, 4) is 0 Å². The maximum absolute atomic E-state index is 11.7. The van der Waals surface area contributed by atoms with Crippen LogP contribution >= 0.6 is 7.60 Å². The molecule has 0 aromatic carbocycles. The van der Waals surface area contributed by atoms with E-state index in [1.165, 1.54) is 23.9 Å². The van der Waals surface area contributed by atoms with Crippen LogP contribution < -0.4 is 11.4 Å². The minimum absolute atomic E-state index is 0.0354. The molecule has 1 aromatic rings. The van der Waals surface area contributed by atoms with Gasteiger partial charge in [0, 0.05) is 19.9 Å². The smallest absolute Gasteiger partial charge is 0.353 e. The van der Waals surface area contributed by atoms with Gasteiger partial charge in [0.15, 0.2) is 0 Å².